The highest BCUT2D eigenvalue weighted by Gasteiger charge is 2.15. The molecule has 1 aromatic heterocycles. The zero-order valence-corrected chi connectivity index (χ0v) is 20.3. The number of anilines is 1. The van der Waals surface area contributed by atoms with E-state index in [1.165, 1.54) is 0 Å². The monoisotopic (exact) mass is 475 g/mol. The van der Waals surface area contributed by atoms with Gasteiger partial charge >= 0.3 is 0 Å². The van der Waals surface area contributed by atoms with Gasteiger partial charge in [0, 0.05) is 18.0 Å². The standard InChI is InChI=1S/C31H29N3O2/c1-24-8-7-11-27(20-24)23-34(31(36)18-15-25-9-3-2-4-10-25)29-16-13-26(14-17-29)21-30(35)33-22-28-12-5-6-19-32-28/h2-20H,21-23H2,1H3,(H,33,35). The number of aromatic nitrogens is 1. The first-order chi connectivity index (χ1) is 17.6. The van der Waals surface area contributed by atoms with Crippen LogP contribution in [0.4, 0.5) is 5.69 Å². The molecule has 4 aromatic rings. The van der Waals surface area contributed by atoms with Crippen LogP contribution in [0.1, 0.15) is 27.9 Å². The van der Waals surface area contributed by atoms with Crippen molar-refractivity contribution in [2.24, 2.45) is 0 Å². The molecule has 4 rings (SSSR count). The summed E-state index contributed by atoms with van der Waals surface area (Å²) in [5, 5.41) is 2.90. The van der Waals surface area contributed by atoms with Crippen molar-refractivity contribution < 1.29 is 9.59 Å². The zero-order valence-electron chi connectivity index (χ0n) is 20.3. The van der Waals surface area contributed by atoms with Gasteiger partial charge < -0.3 is 10.2 Å². The third-order valence-electron chi connectivity index (χ3n) is 5.71. The van der Waals surface area contributed by atoms with Gasteiger partial charge in [-0.15, -0.1) is 0 Å². The fourth-order valence-electron chi connectivity index (χ4n) is 3.84. The molecule has 1 heterocycles. The molecule has 3 aromatic carbocycles. The summed E-state index contributed by atoms with van der Waals surface area (Å²) in [5.41, 5.74) is 5.63. The first kappa shape index (κ1) is 24.6. The molecule has 5 heteroatoms. The van der Waals surface area contributed by atoms with E-state index in [-0.39, 0.29) is 18.2 Å². The number of nitrogens with zero attached hydrogens (tertiary/aromatic N) is 2. The fourth-order valence-corrected chi connectivity index (χ4v) is 3.84. The first-order valence-electron chi connectivity index (χ1n) is 11.9. The van der Waals surface area contributed by atoms with E-state index in [0.29, 0.717) is 13.1 Å². The van der Waals surface area contributed by atoms with Gasteiger partial charge in [0.1, 0.15) is 0 Å². The lowest BCUT2D eigenvalue weighted by atomic mass is 10.1. The number of hydrogen-bond donors (Lipinski definition) is 1. The van der Waals surface area contributed by atoms with Crippen LogP contribution in [-0.2, 0) is 29.1 Å². The molecule has 0 fully saturated rings. The summed E-state index contributed by atoms with van der Waals surface area (Å²) < 4.78 is 0. The van der Waals surface area contributed by atoms with Crippen molar-refractivity contribution in [3.63, 3.8) is 0 Å². The van der Waals surface area contributed by atoms with Crippen LogP contribution in [0.25, 0.3) is 6.08 Å². The second-order valence-electron chi connectivity index (χ2n) is 8.60. The molecule has 0 atom stereocenters. The van der Waals surface area contributed by atoms with Gasteiger partial charge in [0.25, 0.3) is 5.91 Å². The van der Waals surface area contributed by atoms with Crippen molar-refractivity contribution in [3.8, 4) is 0 Å². The lowest BCUT2D eigenvalue weighted by Crippen LogP contribution is -2.29. The van der Waals surface area contributed by atoms with E-state index in [1.54, 1.807) is 17.2 Å². The summed E-state index contributed by atoms with van der Waals surface area (Å²) in [5.74, 6) is -0.187. The lowest BCUT2D eigenvalue weighted by molar-refractivity contribution is -0.120. The second-order valence-corrected chi connectivity index (χ2v) is 8.60. The van der Waals surface area contributed by atoms with E-state index in [2.05, 4.69) is 16.4 Å². The quantitative estimate of drug-likeness (QED) is 0.325. The third kappa shape index (κ3) is 7.24. The van der Waals surface area contributed by atoms with Crippen molar-refractivity contribution in [2.45, 2.75) is 26.4 Å². The zero-order chi connectivity index (χ0) is 25.2. The van der Waals surface area contributed by atoms with E-state index in [1.807, 2.05) is 104 Å². The van der Waals surface area contributed by atoms with Crippen LogP contribution in [0.3, 0.4) is 0 Å². The Balaban J connectivity index is 1.47. The lowest BCUT2D eigenvalue weighted by Gasteiger charge is -2.22. The number of aryl methyl sites for hydroxylation is 1. The summed E-state index contributed by atoms with van der Waals surface area (Å²) in [6, 6.07) is 31.1. The van der Waals surface area contributed by atoms with Gasteiger partial charge in [0.2, 0.25) is 5.91 Å². The molecule has 0 saturated heterocycles. The van der Waals surface area contributed by atoms with Crippen LogP contribution in [0.15, 0.2) is 109 Å². The molecular weight excluding hydrogens is 446 g/mol. The molecule has 36 heavy (non-hydrogen) atoms. The van der Waals surface area contributed by atoms with Crippen molar-refractivity contribution >= 4 is 23.6 Å². The predicted molar refractivity (Wildman–Crippen MR) is 144 cm³/mol. The molecule has 0 radical (unpaired) electrons. The Morgan fingerprint density at radius 2 is 1.64 bits per heavy atom. The van der Waals surface area contributed by atoms with Crippen molar-refractivity contribution in [1.29, 1.82) is 0 Å². The minimum Gasteiger partial charge on any atom is -0.350 e. The number of benzene rings is 3. The summed E-state index contributed by atoms with van der Waals surface area (Å²) in [4.78, 5) is 31.6. The predicted octanol–water partition coefficient (Wildman–Crippen LogP) is 5.50. The SMILES string of the molecule is Cc1cccc(CN(C(=O)C=Cc2ccccc2)c2ccc(CC(=O)NCc3ccccn3)cc2)c1. The number of nitrogens with one attached hydrogen (secondary N) is 1. The fraction of sp³-hybridized carbons (Fsp3) is 0.129. The Hall–Kier alpha value is -4.51. The first-order valence-corrected chi connectivity index (χ1v) is 11.9. The van der Waals surface area contributed by atoms with Gasteiger partial charge in [-0.05, 0) is 54.0 Å². The molecule has 0 saturated carbocycles. The van der Waals surface area contributed by atoms with E-state index in [4.69, 9.17) is 0 Å². The minimum atomic E-state index is -0.110. The number of rotatable bonds is 9. The molecule has 0 aliphatic carbocycles. The average Bonchev–Trinajstić information content (AvgIpc) is 2.91. The highest BCUT2D eigenvalue weighted by atomic mass is 16.2. The van der Waals surface area contributed by atoms with Crippen LogP contribution in [0, 0.1) is 6.92 Å². The third-order valence-corrected chi connectivity index (χ3v) is 5.71. The number of hydrogen-bond acceptors (Lipinski definition) is 3. The van der Waals surface area contributed by atoms with Crippen LogP contribution in [0.2, 0.25) is 0 Å². The Labute approximate surface area is 212 Å². The van der Waals surface area contributed by atoms with Gasteiger partial charge in [-0.1, -0.05) is 78.4 Å². The number of carbonyl (C=O) groups is 2. The van der Waals surface area contributed by atoms with Gasteiger partial charge in [0.05, 0.1) is 25.2 Å². The summed E-state index contributed by atoms with van der Waals surface area (Å²) in [7, 11) is 0. The summed E-state index contributed by atoms with van der Waals surface area (Å²) in [6.45, 7) is 2.88. The Morgan fingerprint density at radius 1 is 0.861 bits per heavy atom. The van der Waals surface area contributed by atoms with Crippen molar-refractivity contribution in [1.82, 2.24) is 10.3 Å². The molecule has 1 N–H and O–H groups in total. The normalized spacial score (nSPS) is 10.8. The van der Waals surface area contributed by atoms with Crippen LogP contribution in [0.5, 0.6) is 0 Å². The van der Waals surface area contributed by atoms with E-state index >= 15 is 0 Å². The molecule has 2 amide bonds. The molecule has 0 unspecified atom stereocenters. The van der Waals surface area contributed by atoms with Crippen LogP contribution in [-0.4, -0.2) is 16.8 Å². The molecule has 180 valence electrons. The number of pyridine rings is 1. The molecular formula is C31H29N3O2. The summed E-state index contributed by atoms with van der Waals surface area (Å²) in [6.07, 6.45) is 5.39. The Kier molecular flexibility index (Phi) is 8.39. The maximum absolute atomic E-state index is 13.3. The van der Waals surface area contributed by atoms with Crippen molar-refractivity contribution in [2.75, 3.05) is 4.90 Å². The van der Waals surface area contributed by atoms with Crippen molar-refractivity contribution in [3.05, 3.63) is 137 Å². The molecule has 0 spiro atoms. The van der Waals surface area contributed by atoms with Crippen LogP contribution < -0.4 is 10.2 Å². The van der Waals surface area contributed by atoms with Gasteiger partial charge in [-0.2, -0.15) is 0 Å². The highest BCUT2D eigenvalue weighted by Crippen LogP contribution is 2.20. The number of amides is 2. The summed E-state index contributed by atoms with van der Waals surface area (Å²) >= 11 is 0. The topological polar surface area (TPSA) is 62.3 Å². The second kappa shape index (κ2) is 12.3. The largest absolute Gasteiger partial charge is 0.350 e. The van der Waals surface area contributed by atoms with E-state index in [0.717, 1.165) is 33.6 Å². The highest BCUT2D eigenvalue weighted by molar-refractivity contribution is 6.03. The Bertz CT molecular complexity index is 1320. The maximum atomic E-state index is 13.3. The smallest absolute Gasteiger partial charge is 0.251 e. The van der Waals surface area contributed by atoms with E-state index < -0.39 is 0 Å². The Morgan fingerprint density at radius 3 is 2.36 bits per heavy atom. The maximum Gasteiger partial charge on any atom is 0.251 e. The minimum absolute atomic E-state index is 0.0770. The average molecular weight is 476 g/mol. The molecule has 0 aliphatic heterocycles. The molecule has 0 bridgehead atoms. The van der Waals surface area contributed by atoms with Crippen LogP contribution >= 0.6 is 0 Å². The van der Waals surface area contributed by atoms with Gasteiger partial charge in [-0.25, -0.2) is 0 Å². The van der Waals surface area contributed by atoms with Gasteiger partial charge in [0.15, 0.2) is 0 Å². The van der Waals surface area contributed by atoms with Gasteiger partial charge in [-0.3, -0.25) is 14.6 Å². The molecule has 5 nitrogen and oxygen atoms in total. The van der Waals surface area contributed by atoms with E-state index in [9.17, 15) is 9.59 Å². The molecule has 0 aliphatic rings. The number of carbonyl (C=O) groups excluding carboxylic acids is 2.